The van der Waals surface area contributed by atoms with Gasteiger partial charge < -0.3 is 10.6 Å². The van der Waals surface area contributed by atoms with E-state index in [-0.39, 0.29) is 11.9 Å². The van der Waals surface area contributed by atoms with Crippen molar-refractivity contribution in [3.05, 3.63) is 40.6 Å². The Kier molecular flexibility index (Phi) is 4.65. The van der Waals surface area contributed by atoms with Gasteiger partial charge in [-0.05, 0) is 24.3 Å². The molecule has 0 aliphatic rings. The Hall–Kier alpha value is -2.16. The number of halogens is 4. The third kappa shape index (κ3) is 4.42. The van der Waals surface area contributed by atoms with Crippen molar-refractivity contribution in [1.82, 2.24) is 9.97 Å². The minimum Gasteiger partial charge on any atom is -0.326 e. The molecule has 0 radical (unpaired) electrons. The van der Waals surface area contributed by atoms with Crippen LogP contribution in [0.15, 0.2) is 34.9 Å². The van der Waals surface area contributed by atoms with Crippen LogP contribution < -0.4 is 10.6 Å². The molecule has 9 heteroatoms. The van der Waals surface area contributed by atoms with Gasteiger partial charge in [0, 0.05) is 29.0 Å². The molecular weight excluding hydrogens is 365 g/mol. The molecule has 1 heterocycles. The van der Waals surface area contributed by atoms with Crippen LogP contribution >= 0.6 is 15.9 Å². The molecule has 0 saturated heterocycles. The highest BCUT2D eigenvalue weighted by atomic mass is 79.9. The molecule has 116 valence electrons. The van der Waals surface area contributed by atoms with Crippen LogP contribution in [0.25, 0.3) is 0 Å². The summed E-state index contributed by atoms with van der Waals surface area (Å²) in [5, 5.41) is 5.25. The first-order valence-corrected chi connectivity index (χ1v) is 6.79. The minimum atomic E-state index is -4.54. The first-order chi connectivity index (χ1) is 10.2. The fourth-order valence-corrected chi connectivity index (χ4v) is 2.14. The molecule has 0 aliphatic heterocycles. The van der Waals surface area contributed by atoms with E-state index in [1.165, 1.54) is 6.92 Å². The summed E-state index contributed by atoms with van der Waals surface area (Å²) in [6, 6.07) is 5.61. The van der Waals surface area contributed by atoms with Crippen molar-refractivity contribution >= 4 is 39.2 Å². The largest absolute Gasteiger partial charge is 0.433 e. The van der Waals surface area contributed by atoms with Crippen LogP contribution in [0.1, 0.15) is 12.6 Å². The van der Waals surface area contributed by atoms with Gasteiger partial charge in [-0.25, -0.2) is 9.97 Å². The molecule has 1 amide bonds. The predicted octanol–water partition coefficient (Wildman–Crippen LogP) is 3.96. The third-order valence-electron chi connectivity index (χ3n) is 2.42. The van der Waals surface area contributed by atoms with E-state index in [1.807, 2.05) is 0 Å². The zero-order valence-electron chi connectivity index (χ0n) is 11.2. The summed E-state index contributed by atoms with van der Waals surface area (Å²) in [6.45, 7) is 1.35. The molecule has 5 nitrogen and oxygen atoms in total. The fraction of sp³-hybridized carbons (Fsp3) is 0.154. The van der Waals surface area contributed by atoms with Crippen LogP contribution in [0.3, 0.4) is 0 Å². The average molecular weight is 375 g/mol. The number of benzene rings is 1. The van der Waals surface area contributed by atoms with Crippen molar-refractivity contribution in [3.63, 3.8) is 0 Å². The van der Waals surface area contributed by atoms with Crippen LogP contribution in [0, 0.1) is 0 Å². The van der Waals surface area contributed by atoms with Crippen molar-refractivity contribution in [2.24, 2.45) is 0 Å². The smallest absolute Gasteiger partial charge is 0.326 e. The predicted molar refractivity (Wildman–Crippen MR) is 78.8 cm³/mol. The lowest BCUT2D eigenvalue weighted by Gasteiger charge is -2.10. The number of nitrogens with one attached hydrogen (secondary N) is 2. The van der Waals surface area contributed by atoms with Gasteiger partial charge in [-0.15, -0.1) is 0 Å². The lowest BCUT2D eigenvalue weighted by molar-refractivity contribution is -0.141. The first kappa shape index (κ1) is 16.2. The van der Waals surface area contributed by atoms with Gasteiger partial charge in [-0.3, -0.25) is 4.79 Å². The van der Waals surface area contributed by atoms with E-state index in [2.05, 4.69) is 36.5 Å². The molecule has 2 aromatic rings. The molecule has 22 heavy (non-hydrogen) atoms. The first-order valence-electron chi connectivity index (χ1n) is 5.99. The molecule has 1 aromatic carbocycles. The molecule has 1 aromatic heterocycles. The summed E-state index contributed by atoms with van der Waals surface area (Å²) < 4.78 is 38.4. The van der Waals surface area contributed by atoms with E-state index in [0.717, 1.165) is 12.3 Å². The Balaban J connectivity index is 2.27. The number of carbonyl (C=O) groups excluding carboxylic acids is 1. The second kappa shape index (κ2) is 6.30. The number of aromatic nitrogens is 2. The number of alkyl halides is 3. The van der Waals surface area contributed by atoms with Crippen LogP contribution in [0.4, 0.5) is 30.5 Å². The van der Waals surface area contributed by atoms with Gasteiger partial charge >= 0.3 is 6.18 Å². The SMILES string of the molecule is CC(=O)Nc1cc(Br)cc(Nc2nccc(C(F)(F)F)n2)c1. The Morgan fingerprint density at radius 2 is 1.91 bits per heavy atom. The Labute approximate surface area is 132 Å². The van der Waals surface area contributed by atoms with Crippen molar-refractivity contribution in [3.8, 4) is 0 Å². The minimum absolute atomic E-state index is 0.193. The van der Waals surface area contributed by atoms with E-state index in [4.69, 9.17) is 0 Å². The number of carbonyl (C=O) groups is 1. The number of amides is 1. The van der Waals surface area contributed by atoms with Crippen molar-refractivity contribution in [2.45, 2.75) is 13.1 Å². The maximum absolute atomic E-state index is 12.6. The van der Waals surface area contributed by atoms with Gasteiger partial charge in [0.15, 0.2) is 0 Å². The quantitative estimate of drug-likeness (QED) is 0.853. The Morgan fingerprint density at radius 1 is 1.23 bits per heavy atom. The van der Waals surface area contributed by atoms with Crippen LogP contribution in [-0.2, 0) is 11.0 Å². The Morgan fingerprint density at radius 3 is 2.55 bits per heavy atom. The molecular formula is C13H10BrF3N4O. The van der Waals surface area contributed by atoms with Crippen molar-refractivity contribution < 1.29 is 18.0 Å². The number of hydrogen-bond acceptors (Lipinski definition) is 4. The van der Waals surface area contributed by atoms with Gasteiger partial charge in [0.2, 0.25) is 11.9 Å². The molecule has 0 aliphatic carbocycles. The monoisotopic (exact) mass is 374 g/mol. The van der Waals surface area contributed by atoms with E-state index in [0.29, 0.717) is 15.8 Å². The number of rotatable bonds is 3. The van der Waals surface area contributed by atoms with Gasteiger partial charge in [-0.1, -0.05) is 15.9 Å². The summed E-state index contributed by atoms with van der Waals surface area (Å²) in [7, 11) is 0. The lowest BCUT2D eigenvalue weighted by atomic mass is 10.2. The van der Waals surface area contributed by atoms with Gasteiger partial charge in [0.1, 0.15) is 5.69 Å². The highest BCUT2D eigenvalue weighted by molar-refractivity contribution is 9.10. The maximum Gasteiger partial charge on any atom is 0.433 e. The molecule has 0 spiro atoms. The zero-order valence-corrected chi connectivity index (χ0v) is 12.8. The molecule has 0 fully saturated rings. The van der Waals surface area contributed by atoms with E-state index >= 15 is 0 Å². The van der Waals surface area contributed by atoms with Crippen molar-refractivity contribution in [1.29, 1.82) is 0 Å². The molecule has 2 N–H and O–H groups in total. The topological polar surface area (TPSA) is 66.9 Å². The summed E-state index contributed by atoms with van der Waals surface area (Å²) in [5.41, 5.74) is -0.129. The van der Waals surface area contributed by atoms with E-state index < -0.39 is 11.9 Å². The highest BCUT2D eigenvalue weighted by Gasteiger charge is 2.32. The van der Waals surface area contributed by atoms with Crippen molar-refractivity contribution in [2.75, 3.05) is 10.6 Å². The normalized spacial score (nSPS) is 11.1. The van der Waals surface area contributed by atoms with Gasteiger partial charge in [0.25, 0.3) is 0 Å². The van der Waals surface area contributed by atoms with Gasteiger partial charge in [-0.2, -0.15) is 13.2 Å². The molecule has 0 saturated carbocycles. The molecule has 2 rings (SSSR count). The lowest BCUT2D eigenvalue weighted by Crippen LogP contribution is -2.10. The highest BCUT2D eigenvalue weighted by Crippen LogP contribution is 2.29. The average Bonchev–Trinajstić information content (AvgIpc) is 2.36. The molecule has 0 atom stereocenters. The maximum atomic E-state index is 12.6. The summed E-state index contributed by atoms with van der Waals surface area (Å²) in [4.78, 5) is 18.2. The number of anilines is 3. The second-order valence-corrected chi connectivity index (χ2v) is 5.21. The summed E-state index contributed by atoms with van der Waals surface area (Å²) >= 11 is 3.25. The standard InChI is InChI=1S/C13H10BrF3N4O/c1-7(22)19-9-4-8(14)5-10(6-9)20-12-18-3-2-11(21-12)13(15,16)17/h2-6H,1H3,(H,19,22)(H,18,20,21). The fourth-order valence-electron chi connectivity index (χ4n) is 1.64. The van der Waals surface area contributed by atoms with Crippen LogP contribution in [0.2, 0.25) is 0 Å². The van der Waals surface area contributed by atoms with Crippen LogP contribution in [0.5, 0.6) is 0 Å². The number of hydrogen-bond donors (Lipinski definition) is 2. The van der Waals surface area contributed by atoms with E-state index in [1.54, 1.807) is 18.2 Å². The van der Waals surface area contributed by atoms with Crippen LogP contribution in [-0.4, -0.2) is 15.9 Å². The van der Waals surface area contributed by atoms with Gasteiger partial charge in [0.05, 0.1) is 0 Å². The Bertz CT molecular complexity index is 706. The van der Waals surface area contributed by atoms with E-state index in [9.17, 15) is 18.0 Å². The summed E-state index contributed by atoms with van der Waals surface area (Å²) in [5.74, 6) is -0.457. The second-order valence-electron chi connectivity index (χ2n) is 4.30. The molecule has 0 unspecified atom stereocenters. The zero-order chi connectivity index (χ0) is 16.3. The number of nitrogens with zero attached hydrogens (tertiary/aromatic N) is 2. The summed E-state index contributed by atoms with van der Waals surface area (Å²) in [6.07, 6.45) is -3.52. The third-order valence-corrected chi connectivity index (χ3v) is 2.88. The molecule has 0 bridgehead atoms.